The minimum absolute atomic E-state index is 0.320. The highest BCUT2D eigenvalue weighted by atomic mass is 16.5. The van der Waals surface area contributed by atoms with Crippen LogP contribution in [-0.2, 0) is 9.53 Å². The van der Waals surface area contributed by atoms with E-state index in [1.165, 1.54) is 51.0 Å². The molecule has 1 aromatic heterocycles. The van der Waals surface area contributed by atoms with E-state index >= 15 is 0 Å². The first-order chi connectivity index (χ1) is 14.8. The summed E-state index contributed by atoms with van der Waals surface area (Å²) in [6.07, 6.45) is 15.1. The molecule has 0 bridgehead atoms. The van der Waals surface area contributed by atoms with Gasteiger partial charge in [-0.3, -0.25) is 4.98 Å². The molecule has 0 unspecified atom stereocenters. The van der Waals surface area contributed by atoms with Crippen molar-refractivity contribution < 1.29 is 14.3 Å². The molecule has 0 aliphatic heterocycles. The molecule has 0 saturated heterocycles. The maximum atomic E-state index is 10.9. The molecule has 0 radical (unpaired) electrons. The lowest BCUT2D eigenvalue weighted by Gasteiger charge is -2.07. The van der Waals surface area contributed by atoms with E-state index < -0.39 is 0 Å². The van der Waals surface area contributed by atoms with E-state index in [4.69, 9.17) is 9.47 Å². The van der Waals surface area contributed by atoms with Gasteiger partial charge in [0.2, 0.25) is 0 Å². The topological polar surface area (TPSA) is 48.4 Å². The SMILES string of the molecule is C=CC(=O)OCCCCCCCCCCCCOc1ccc(-c2ccccn2)cc1. The Balaban J connectivity index is 1.39. The molecule has 0 saturated carbocycles. The Bertz CT molecular complexity index is 713. The van der Waals surface area contributed by atoms with E-state index in [-0.39, 0.29) is 5.97 Å². The number of aromatic nitrogens is 1. The van der Waals surface area contributed by atoms with E-state index in [9.17, 15) is 4.79 Å². The zero-order valence-corrected chi connectivity index (χ0v) is 18.1. The van der Waals surface area contributed by atoms with E-state index in [0.717, 1.165) is 42.9 Å². The average Bonchev–Trinajstić information content (AvgIpc) is 2.80. The van der Waals surface area contributed by atoms with Crippen LogP contribution in [0.5, 0.6) is 5.75 Å². The van der Waals surface area contributed by atoms with Crippen LogP contribution in [0.15, 0.2) is 61.3 Å². The molecule has 2 rings (SSSR count). The largest absolute Gasteiger partial charge is 0.494 e. The van der Waals surface area contributed by atoms with Crippen LogP contribution in [0.1, 0.15) is 64.2 Å². The summed E-state index contributed by atoms with van der Waals surface area (Å²) in [5.41, 5.74) is 2.09. The molecule has 4 nitrogen and oxygen atoms in total. The summed E-state index contributed by atoms with van der Waals surface area (Å²) in [4.78, 5) is 15.3. The van der Waals surface area contributed by atoms with Gasteiger partial charge in [0.15, 0.2) is 0 Å². The summed E-state index contributed by atoms with van der Waals surface area (Å²) >= 11 is 0. The normalized spacial score (nSPS) is 10.5. The molecule has 0 amide bonds. The smallest absolute Gasteiger partial charge is 0.330 e. The van der Waals surface area contributed by atoms with Gasteiger partial charge in [-0.15, -0.1) is 0 Å². The Hall–Kier alpha value is -2.62. The fourth-order valence-electron chi connectivity index (χ4n) is 3.30. The number of rotatable bonds is 16. The minimum Gasteiger partial charge on any atom is -0.494 e. The molecule has 0 aliphatic carbocycles. The van der Waals surface area contributed by atoms with Crippen molar-refractivity contribution >= 4 is 5.97 Å². The van der Waals surface area contributed by atoms with Crippen LogP contribution in [0.4, 0.5) is 0 Å². The zero-order valence-electron chi connectivity index (χ0n) is 18.1. The van der Waals surface area contributed by atoms with Crippen LogP contribution in [0.25, 0.3) is 11.3 Å². The quantitative estimate of drug-likeness (QED) is 0.175. The number of carbonyl (C=O) groups is 1. The molecule has 1 aromatic carbocycles. The second-order valence-corrected chi connectivity index (χ2v) is 7.49. The third kappa shape index (κ3) is 10.2. The van der Waals surface area contributed by atoms with Crippen molar-refractivity contribution in [1.29, 1.82) is 0 Å². The predicted octanol–water partition coefficient (Wildman–Crippen LogP) is 6.76. The Morgan fingerprint density at radius 3 is 1.97 bits per heavy atom. The van der Waals surface area contributed by atoms with Crippen LogP contribution in [0.2, 0.25) is 0 Å². The van der Waals surface area contributed by atoms with Crippen LogP contribution in [0.3, 0.4) is 0 Å². The first kappa shape index (κ1) is 23.7. The molecular formula is C26H35NO3. The highest BCUT2D eigenvalue weighted by Gasteiger charge is 2.00. The number of unbranched alkanes of at least 4 members (excludes halogenated alkanes) is 9. The standard InChI is InChI=1S/C26H35NO3/c1-2-26(28)30-22-14-10-8-6-4-3-5-7-9-13-21-29-24-18-16-23(17-19-24)25-15-11-12-20-27-25/h2,11-12,15-20H,1,3-10,13-14,21-22H2. The van der Waals surface area contributed by atoms with E-state index in [1.807, 2.05) is 36.5 Å². The van der Waals surface area contributed by atoms with Crippen molar-refractivity contribution in [3.05, 3.63) is 61.3 Å². The highest BCUT2D eigenvalue weighted by molar-refractivity contribution is 5.81. The van der Waals surface area contributed by atoms with Crippen molar-refractivity contribution in [2.24, 2.45) is 0 Å². The second-order valence-electron chi connectivity index (χ2n) is 7.49. The van der Waals surface area contributed by atoms with Crippen LogP contribution >= 0.6 is 0 Å². The number of hydrogen-bond acceptors (Lipinski definition) is 4. The molecule has 0 aliphatic rings. The van der Waals surface area contributed by atoms with Gasteiger partial charge >= 0.3 is 5.97 Å². The predicted molar refractivity (Wildman–Crippen MR) is 122 cm³/mol. The number of nitrogens with zero attached hydrogens (tertiary/aromatic N) is 1. The summed E-state index contributed by atoms with van der Waals surface area (Å²) in [7, 11) is 0. The lowest BCUT2D eigenvalue weighted by Crippen LogP contribution is -2.01. The Morgan fingerprint density at radius 1 is 0.800 bits per heavy atom. The van der Waals surface area contributed by atoms with Gasteiger partial charge in [-0.05, 0) is 49.2 Å². The third-order valence-electron chi connectivity index (χ3n) is 5.03. The maximum Gasteiger partial charge on any atom is 0.330 e. The third-order valence-corrected chi connectivity index (χ3v) is 5.03. The molecule has 0 spiro atoms. The van der Waals surface area contributed by atoms with Crippen molar-refractivity contribution in [1.82, 2.24) is 4.98 Å². The number of pyridine rings is 1. The summed E-state index contributed by atoms with van der Waals surface area (Å²) in [6.45, 7) is 4.68. The molecule has 0 atom stereocenters. The van der Waals surface area contributed by atoms with Crippen LogP contribution in [-0.4, -0.2) is 24.2 Å². The highest BCUT2D eigenvalue weighted by Crippen LogP contribution is 2.20. The van der Waals surface area contributed by atoms with Crippen molar-refractivity contribution in [3.63, 3.8) is 0 Å². The van der Waals surface area contributed by atoms with Gasteiger partial charge in [0.1, 0.15) is 5.75 Å². The van der Waals surface area contributed by atoms with Crippen LogP contribution in [0, 0.1) is 0 Å². The summed E-state index contributed by atoms with van der Waals surface area (Å²) < 4.78 is 10.8. The molecule has 2 aromatic rings. The summed E-state index contributed by atoms with van der Waals surface area (Å²) in [5.74, 6) is 0.604. The van der Waals surface area contributed by atoms with Crippen molar-refractivity contribution in [2.45, 2.75) is 64.2 Å². The van der Waals surface area contributed by atoms with Gasteiger partial charge in [-0.2, -0.15) is 0 Å². The molecule has 162 valence electrons. The average molecular weight is 410 g/mol. The Labute approximate surface area is 181 Å². The van der Waals surface area contributed by atoms with Crippen LogP contribution < -0.4 is 4.74 Å². The van der Waals surface area contributed by atoms with Crippen molar-refractivity contribution in [2.75, 3.05) is 13.2 Å². The van der Waals surface area contributed by atoms with E-state index in [0.29, 0.717) is 6.61 Å². The summed E-state index contributed by atoms with van der Waals surface area (Å²) in [6, 6.07) is 14.1. The van der Waals surface area contributed by atoms with Gasteiger partial charge in [-0.1, -0.05) is 64.0 Å². The lowest BCUT2D eigenvalue weighted by molar-refractivity contribution is -0.137. The lowest BCUT2D eigenvalue weighted by atomic mass is 10.1. The molecular weight excluding hydrogens is 374 g/mol. The number of esters is 1. The van der Waals surface area contributed by atoms with Crippen molar-refractivity contribution in [3.8, 4) is 17.0 Å². The van der Waals surface area contributed by atoms with Gasteiger partial charge < -0.3 is 9.47 Å². The molecule has 0 fully saturated rings. The molecule has 0 N–H and O–H groups in total. The molecule has 4 heteroatoms. The van der Waals surface area contributed by atoms with E-state index in [2.05, 4.69) is 23.7 Å². The fraction of sp³-hybridized carbons (Fsp3) is 0.462. The Morgan fingerprint density at radius 2 is 1.40 bits per heavy atom. The molecule has 1 heterocycles. The minimum atomic E-state index is -0.320. The number of carbonyl (C=O) groups excluding carboxylic acids is 1. The second kappa shape index (κ2) is 15.3. The monoisotopic (exact) mass is 409 g/mol. The number of hydrogen-bond donors (Lipinski definition) is 0. The van der Waals surface area contributed by atoms with Gasteiger partial charge in [0.25, 0.3) is 0 Å². The fourth-order valence-corrected chi connectivity index (χ4v) is 3.30. The first-order valence-electron chi connectivity index (χ1n) is 11.2. The Kier molecular flexibility index (Phi) is 12.0. The van der Waals surface area contributed by atoms with Gasteiger partial charge in [-0.25, -0.2) is 4.79 Å². The number of ether oxygens (including phenoxy) is 2. The maximum absolute atomic E-state index is 10.9. The van der Waals surface area contributed by atoms with E-state index in [1.54, 1.807) is 0 Å². The van der Waals surface area contributed by atoms with Gasteiger partial charge in [0, 0.05) is 17.8 Å². The number of benzene rings is 1. The first-order valence-corrected chi connectivity index (χ1v) is 11.2. The zero-order chi connectivity index (χ0) is 21.3. The summed E-state index contributed by atoms with van der Waals surface area (Å²) in [5, 5.41) is 0. The molecule has 30 heavy (non-hydrogen) atoms. The van der Waals surface area contributed by atoms with Gasteiger partial charge in [0.05, 0.1) is 18.9 Å².